The summed E-state index contributed by atoms with van der Waals surface area (Å²) >= 11 is 0. The maximum absolute atomic E-state index is 8.87. The van der Waals surface area contributed by atoms with Gasteiger partial charge in [-0.1, -0.05) is 6.92 Å². The Balaban J connectivity index is 2.92. The first-order valence-electron chi connectivity index (χ1n) is 4.82. The molecule has 0 spiro atoms. The largest absolute Gasteiger partial charge is 0.396 e. The molecule has 0 unspecified atom stereocenters. The molecule has 0 fully saturated rings. The van der Waals surface area contributed by atoms with Gasteiger partial charge in [0.05, 0.1) is 5.69 Å². The lowest BCUT2D eigenvalue weighted by Crippen LogP contribution is -2.04. The summed E-state index contributed by atoms with van der Waals surface area (Å²) in [6.07, 6.45) is 2.84. The van der Waals surface area contributed by atoms with E-state index in [2.05, 4.69) is 16.5 Å². The van der Waals surface area contributed by atoms with Crippen LogP contribution in [0.2, 0.25) is 0 Å². The summed E-state index contributed by atoms with van der Waals surface area (Å²) in [5.41, 5.74) is 2.21. The summed E-state index contributed by atoms with van der Waals surface area (Å²) in [4.78, 5) is 4.47. The predicted molar refractivity (Wildman–Crippen MR) is 52.7 cm³/mol. The molecule has 0 aliphatic heterocycles. The number of hydrogen-bond acceptors (Lipinski definition) is 2. The van der Waals surface area contributed by atoms with Crippen LogP contribution >= 0.6 is 0 Å². The molecule has 0 radical (unpaired) electrons. The highest BCUT2D eigenvalue weighted by molar-refractivity contribution is 5.15. The van der Waals surface area contributed by atoms with Gasteiger partial charge in [0.1, 0.15) is 5.82 Å². The molecule has 74 valence electrons. The smallest absolute Gasteiger partial charge is 0.108 e. The quantitative estimate of drug-likeness (QED) is 0.760. The van der Waals surface area contributed by atoms with Gasteiger partial charge in [0.2, 0.25) is 0 Å². The summed E-state index contributed by atoms with van der Waals surface area (Å²) in [6, 6.07) is 0. The average molecular weight is 182 g/mol. The van der Waals surface area contributed by atoms with E-state index < -0.39 is 0 Å². The highest BCUT2D eigenvalue weighted by atomic mass is 16.3. The molecule has 0 bridgehead atoms. The molecule has 1 heterocycles. The molecule has 0 saturated carbocycles. The molecule has 1 aromatic rings. The first-order chi connectivity index (χ1) is 6.20. The molecular formula is C10H18N2O. The van der Waals surface area contributed by atoms with Crippen LogP contribution in [0.25, 0.3) is 0 Å². The fourth-order valence-corrected chi connectivity index (χ4v) is 1.63. The lowest BCUT2D eigenvalue weighted by Gasteiger charge is -2.03. The standard InChI is InChI=1S/C10H18N2O/c1-4-5-10-11-8(2)9(6-7-13)12(10)3/h13H,4-7H2,1-3H3. The Morgan fingerprint density at radius 2 is 2.08 bits per heavy atom. The first kappa shape index (κ1) is 10.3. The van der Waals surface area contributed by atoms with Gasteiger partial charge in [0.25, 0.3) is 0 Å². The topological polar surface area (TPSA) is 38.1 Å². The Labute approximate surface area is 79.4 Å². The highest BCUT2D eigenvalue weighted by Crippen LogP contribution is 2.11. The molecule has 0 amide bonds. The molecule has 3 nitrogen and oxygen atoms in total. The molecule has 3 heteroatoms. The minimum Gasteiger partial charge on any atom is -0.396 e. The van der Waals surface area contributed by atoms with Gasteiger partial charge in [-0.3, -0.25) is 0 Å². The van der Waals surface area contributed by atoms with Crippen molar-refractivity contribution in [1.29, 1.82) is 0 Å². The summed E-state index contributed by atoms with van der Waals surface area (Å²) in [6.45, 7) is 4.35. The summed E-state index contributed by atoms with van der Waals surface area (Å²) in [7, 11) is 2.02. The van der Waals surface area contributed by atoms with E-state index >= 15 is 0 Å². The molecule has 0 saturated heterocycles. The Hall–Kier alpha value is -0.830. The fraction of sp³-hybridized carbons (Fsp3) is 0.700. The number of aliphatic hydroxyl groups excluding tert-OH is 1. The van der Waals surface area contributed by atoms with Gasteiger partial charge in [0, 0.05) is 32.2 Å². The second-order valence-corrected chi connectivity index (χ2v) is 3.34. The molecule has 1 aromatic heterocycles. The second-order valence-electron chi connectivity index (χ2n) is 3.34. The third-order valence-corrected chi connectivity index (χ3v) is 2.33. The van der Waals surface area contributed by atoms with Crippen molar-refractivity contribution in [2.75, 3.05) is 6.61 Å². The fourth-order valence-electron chi connectivity index (χ4n) is 1.63. The molecule has 0 atom stereocenters. The molecule has 0 aliphatic carbocycles. The monoisotopic (exact) mass is 182 g/mol. The lowest BCUT2D eigenvalue weighted by atomic mass is 10.2. The molecule has 0 aromatic carbocycles. The van der Waals surface area contributed by atoms with Crippen molar-refractivity contribution in [2.45, 2.75) is 33.1 Å². The van der Waals surface area contributed by atoms with E-state index in [1.807, 2.05) is 14.0 Å². The minimum absolute atomic E-state index is 0.200. The maximum atomic E-state index is 8.87. The van der Waals surface area contributed by atoms with E-state index in [4.69, 9.17) is 5.11 Å². The van der Waals surface area contributed by atoms with Crippen LogP contribution in [0.3, 0.4) is 0 Å². The molecule has 13 heavy (non-hydrogen) atoms. The van der Waals surface area contributed by atoms with Crippen molar-refractivity contribution < 1.29 is 5.11 Å². The van der Waals surface area contributed by atoms with E-state index in [0.717, 1.165) is 30.1 Å². The summed E-state index contributed by atoms with van der Waals surface area (Å²) in [5, 5.41) is 8.87. The Bertz CT molecular complexity index is 279. The molecule has 0 aliphatic rings. The van der Waals surface area contributed by atoms with Crippen molar-refractivity contribution in [2.24, 2.45) is 7.05 Å². The van der Waals surface area contributed by atoms with Gasteiger partial charge in [-0.05, 0) is 13.3 Å². The third-order valence-electron chi connectivity index (χ3n) is 2.33. The molecule has 1 rings (SSSR count). The van der Waals surface area contributed by atoms with Gasteiger partial charge >= 0.3 is 0 Å². The van der Waals surface area contributed by atoms with Crippen LogP contribution in [0.5, 0.6) is 0 Å². The number of aliphatic hydroxyl groups is 1. The summed E-state index contributed by atoms with van der Waals surface area (Å²) in [5.74, 6) is 1.13. The Morgan fingerprint density at radius 1 is 1.38 bits per heavy atom. The number of aryl methyl sites for hydroxylation is 2. The number of aromatic nitrogens is 2. The van der Waals surface area contributed by atoms with Gasteiger partial charge in [-0.15, -0.1) is 0 Å². The normalized spacial score (nSPS) is 10.8. The Morgan fingerprint density at radius 3 is 2.62 bits per heavy atom. The van der Waals surface area contributed by atoms with Crippen molar-refractivity contribution in [3.63, 3.8) is 0 Å². The van der Waals surface area contributed by atoms with Gasteiger partial charge in [-0.25, -0.2) is 4.98 Å². The number of nitrogens with zero attached hydrogens (tertiary/aromatic N) is 2. The van der Waals surface area contributed by atoms with E-state index in [1.165, 1.54) is 0 Å². The first-order valence-corrected chi connectivity index (χ1v) is 4.82. The van der Waals surface area contributed by atoms with E-state index in [1.54, 1.807) is 0 Å². The lowest BCUT2D eigenvalue weighted by molar-refractivity contribution is 0.296. The number of hydrogen-bond donors (Lipinski definition) is 1. The van der Waals surface area contributed by atoms with Crippen LogP contribution in [0.1, 0.15) is 30.6 Å². The second kappa shape index (κ2) is 4.42. The van der Waals surface area contributed by atoms with Gasteiger partial charge in [0.15, 0.2) is 0 Å². The van der Waals surface area contributed by atoms with Crippen molar-refractivity contribution in [3.8, 4) is 0 Å². The summed E-state index contributed by atoms with van der Waals surface area (Å²) < 4.78 is 2.11. The number of imidazole rings is 1. The maximum Gasteiger partial charge on any atom is 0.108 e. The number of rotatable bonds is 4. The van der Waals surface area contributed by atoms with E-state index in [0.29, 0.717) is 6.42 Å². The van der Waals surface area contributed by atoms with Crippen molar-refractivity contribution in [1.82, 2.24) is 9.55 Å². The van der Waals surface area contributed by atoms with Crippen molar-refractivity contribution in [3.05, 3.63) is 17.2 Å². The van der Waals surface area contributed by atoms with E-state index in [9.17, 15) is 0 Å². The van der Waals surface area contributed by atoms with Crippen LogP contribution in [0.4, 0.5) is 0 Å². The van der Waals surface area contributed by atoms with Gasteiger partial charge < -0.3 is 9.67 Å². The van der Waals surface area contributed by atoms with Gasteiger partial charge in [-0.2, -0.15) is 0 Å². The SMILES string of the molecule is CCCc1nc(C)c(CCO)n1C. The average Bonchev–Trinajstić information content (AvgIpc) is 2.34. The van der Waals surface area contributed by atoms with Crippen LogP contribution in [0, 0.1) is 6.92 Å². The van der Waals surface area contributed by atoms with Crippen LogP contribution in [-0.4, -0.2) is 21.3 Å². The minimum atomic E-state index is 0.200. The zero-order chi connectivity index (χ0) is 9.84. The zero-order valence-corrected chi connectivity index (χ0v) is 8.67. The van der Waals surface area contributed by atoms with Crippen molar-refractivity contribution >= 4 is 0 Å². The zero-order valence-electron chi connectivity index (χ0n) is 8.67. The van der Waals surface area contributed by atoms with Crippen LogP contribution < -0.4 is 0 Å². The van der Waals surface area contributed by atoms with Crippen LogP contribution in [-0.2, 0) is 19.9 Å². The highest BCUT2D eigenvalue weighted by Gasteiger charge is 2.09. The molecular weight excluding hydrogens is 164 g/mol. The third kappa shape index (κ3) is 2.10. The van der Waals surface area contributed by atoms with Crippen LogP contribution in [0.15, 0.2) is 0 Å². The van der Waals surface area contributed by atoms with E-state index in [-0.39, 0.29) is 6.61 Å². The Kier molecular flexibility index (Phi) is 3.48. The molecule has 1 N–H and O–H groups in total. The predicted octanol–water partition coefficient (Wildman–Crippen LogP) is 1.22.